The van der Waals surface area contributed by atoms with Crippen LogP contribution in [0.5, 0.6) is 0 Å². The van der Waals surface area contributed by atoms with Crippen LogP contribution in [-0.4, -0.2) is 24.7 Å². The average Bonchev–Trinajstić information content (AvgIpc) is 3.13. The maximum Gasteiger partial charge on any atom is 0.432 e. The van der Waals surface area contributed by atoms with Crippen molar-refractivity contribution in [3.63, 3.8) is 0 Å². The van der Waals surface area contributed by atoms with Gasteiger partial charge in [0.05, 0.1) is 19.9 Å². The molecule has 0 saturated carbocycles. The SMILES string of the molecule is COC1=C(OC)CC=C2CCn3c(c(C)c(-c4cccc(C(=O)NCc5ccc(F)cc5F)c4)c3C(F)(F)F)C2=C1. The number of amides is 1. The predicted octanol–water partition coefficient (Wildman–Crippen LogP) is 7.31. The van der Waals surface area contributed by atoms with Crippen LogP contribution < -0.4 is 5.32 Å². The summed E-state index contributed by atoms with van der Waals surface area (Å²) in [6.45, 7) is 1.55. The van der Waals surface area contributed by atoms with Crippen molar-refractivity contribution in [1.82, 2.24) is 9.88 Å². The maximum absolute atomic E-state index is 14.7. The van der Waals surface area contributed by atoms with Crippen LogP contribution in [0.2, 0.25) is 0 Å². The molecule has 5 rings (SSSR count). The first kappa shape index (κ1) is 28.2. The largest absolute Gasteiger partial charge is 0.497 e. The summed E-state index contributed by atoms with van der Waals surface area (Å²) in [4.78, 5) is 12.9. The molecule has 41 heavy (non-hydrogen) atoms. The average molecular weight is 571 g/mol. The van der Waals surface area contributed by atoms with Crippen molar-refractivity contribution >= 4 is 11.5 Å². The van der Waals surface area contributed by atoms with Gasteiger partial charge in [-0.1, -0.05) is 24.3 Å². The molecule has 2 aromatic carbocycles. The van der Waals surface area contributed by atoms with Gasteiger partial charge >= 0.3 is 6.18 Å². The maximum atomic E-state index is 14.7. The fraction of sp³-hybridized carbons (Fsp3) is 0.258. The number of ether oxygens (including phenoxy) is 2. The number of carbonyl (C=O) groups excluding carboxylic acids is 1. The van der Waals surface area contributed by atoms with E-state index in [0.29, 0.717) is 47.3 Å². The number of nitrogens with zero attached hydrogens (tertiary/aromatic N) is 1. The molecule has 0 fully saturated rings. The van der Waals surface area contributed by atoms with Gasteiger partial charge in [0.25, 0.3) is 5.91 Å². The van der Waals surface area contributed by atoms with Crippen LogP contribution in [0, 0.1) is 18.6 Å². The van der Waals surface area contributed by atoms with E-state index < -0.39 is 29.4 Å². The normalized spacial score (nSPS) is 14.9. The third-order valence-corrected chi connectivity index (χ3v) is 7.40. The van der Waals surface area contributed by atoms with Crippen molar-refractivity contribution in [1.29, 1.82) is 0 Å². The van der Waals surface area contributed by atoms with Gasteiger partial charge in [-0.3, -0.25) is 4.79 Å². The second-order valence-electron chi connectivity index (χ2n) is 9.78. The molecule has 0 bridgehead atoms. The molecular weight excluding hydrogens is 543 g/mol. The van der Waals surface area contributed by atoms with Gasteiger partial charge in [0.15, 0.2) is 5.76 Å². The second-order valence-corrected chi connectivity index (χ2v) is 9.78. The number of aromatic nitrogens is 1. The van der Waals surface area contributed by atoms with E-state index in [-0.39, 0.29) is 35.3 Å². The molecule has 1 aliphatic heterocycles. The van der Waals surface area contributed by atoms with Crippen molar-refractivity contribution in [2.75, 3.05) is 14.2 Å². The number of fused-ring (bicyclic) bond motifs is 3. The number of halogens is 5. The van der Waals surface area contributed by atoms with E-state index in [4.69, 9.17) is 9.47 Å². The number of allylic oxidation sites excluding steroid dienone is 4. The number of rotatable bonds is 6. The Morgan fingerprint density at radius 3 is 2.54 bits per heavy atom. The van der Waals surface area contributed by atoms with Crippen LogP contribution >= 0.6 is 0 Å². The van der Waals surface area contributed by atoms with E-state index in [1.54, 1.807) is 13.0 Å². The first-order valence-electron chi connectivity index (χ1n) is 12.9. The lowest BCUT2D eigenvalue weighted by atomic mass is 9.92. The summed E-state index contributed by atoms with van der Waals surface area (Å²) in [6.07, 6.45) is -0.161. The molecule has 1 N–H and O–H groups in total. The molecule has 3 aromatic rings. The first-order valence-corrected chi connectivity index (χ1v) is 12.9. The van der Waals surface area contributed by atoms with E-state index in [1.807, 2.05) is 6.08 Å². The van der Waals surface area contributed by atoms with Crippen LogP contribution in [0.1, 0.15) is 45.7 Å². The summed E-state index contributed by atoms with van der Waals surface area (Å²) >= 11 is 0. The Kier molecular flexibility index (Phi) is 7.50. The van der Waals surface area contributed by atoms with Gasteiger partial charge in [0.1, 0.15) is 23.1 Å². The van der Waals surface area contributed by atoms with E-state index >= 15 is 0 Å². The number of nitrogens with one attached hydrogen (secondary N) is 1. The second kappa shape index (κ2) is 10.9. The molecule has 1 amide bonds. The molecule has 0 unspecified atom stereocenters. The Labute approximate surface area is 233 Å². The Balaban J connectivity index is 1.58. The smallest absolute Gasteiger partial charge is 0.432 e. The zero-order chi connectivity index (χ0) is 29.5. The number of alkyl halides is 3. The van der Waals surface area contributed by atoms with Gasteiger partial charge in [-0.25, -0.2) is 8.78 Å². The monoisotopic (exact) mass is 570 g/mol. The van der Waals surface area contributed by atoms with Gasteiger partial charge < -0.3 is 19.4 Å². The Morgan fingerprint density at radius 2 is 1.85 bits per heavy atom. The van der Waals surface area contributed by atoms with Crippen molar-refractivity contribution in [3.8, 4) is 11.1 Å². The van der Waals surface area contributed by atoms with Crippen LogP contribution in [-0.2, 0) is 28.7 Å². The van der Waals surface area contributed by atoms with Gasteiger partial charge in [0.2, 0.25) is 0 Å². The van der Waals surface area contributed by atoms with Crippen molar-refractivity contribution in [3.05, 3.63) is 111 Å². The zero-order valence-electron chi connectivity index (χ0n) is 22.6. The van der Waals surface area contributed by atoms with E-state index in [2.05, 4.69) is 5.32 Å². The molecule has 1 aromatic heterocycles. The number of hydrogen-bond acceptors (Lipinski definition) is 3. The molecule has 0 spiro atoms. The molecule has 214 valence electrons. The fourth-order valence-corrected chi connectivity index (χ4v) is 5.50. The number of benzene rings is 2. The van der Waals surface area contributed by atoms with Gasteiger partial charge in [-0.15, -0.1) is 0 Å². The Morgan fingerprint density at radius 1 is 1.07 bits per heavy atom. The highest BCUT2D eigenvalue weighted by molar-refractivity contribution is 5.96. The van der Waals surface area contributed by atoms with Crippen molar-refractivity contribution in [2.24, 2.45) is 0 Å². The summed E-state index contributed by atoms with van der Waals surface area (Å²) in [5, 5.41) is 2.55. The summed E-state index contributed by atoms with van der Waals surface area (Å²) in [5.41, 5.74) is 1.96. The molecule has 10 heteroatoms. The highest BCUT2D eigenvalue weighted by Crippen LogP contribution is 2.48. The van der Waals surface area contributed by atoms with Gasteiger partial charge in [-0.05, 0) is 54.3 Å². The topological polar surface area (TPSA) is 52.5 Å². The molecule has 0 saturated heterocycles. The summed E-state index contributed by atoms with van der Waals surface area (Å²) in [7, 11) is 3.01. The molecule has 2 aliphatic rings. The third-order valence-electron chi connectivity index (χ3n) is 7.40. The number of hydrogen-bond donors (Lipinski definition) is 1. The summed E-state index contributed by atoms with van der Waals surface area (Å²) in [5.74, 6) is -1.15. The zero-order valence-corrected chi connectivity index (χ0v) is 22.6. The Hall–Kier alpha value is -4.34. The quantitative estimate of drug-likeness (QED) is 0.316. The molecule has 0 atom stereocenters. The minimum atomic E-state index is -4.68. The van der Waals surface area contributed by atoms with Crippen molar-refractivity contribution < 1.29 is 36.2 Å². The molecule has 0 radical (unpaired) electrons. The molecule has 5 nitrogen and oxygen atoms in total. The highest BCUT2D eigenvalue weighted by Gasteiger charge is 2.42. The van der Waals surface area contributed by atoms with Crippen LogP contribution in [0.3, 0.4) is 0 Å². The molecule has 2 heterocycles. The summed E-state index contributed by atoms with van der Waals surface area (Å²) in [6, 6.07) is 8.90. The minimum Gasteiger partial charge on any atom is -0.497 e. The molecular formula is C31H27F5N2O3. The minimum absolute atomic E-state index is 0.0203. The predicted molar refractivity (Wildman–Crippen MR) is 143 cm³/mol. The first-order chi connectivity index (χ1) is 19.5. The van der Waals surface area contributed by atoms with Crippen LogP contribution in [0.25, 0.3) is 16.7 Å². The van der Waals surface area contributed by atoms with Gasteiger partial charge in [-0.2, -0.15) is 13.2 Å². The van der Waals surface area contributed by atoms with Crippen LogP contribution in [0.15, 0.2) is 71.7 Å². The number of methoxy groups -OCH3 is 2. The van der Waals surface area contributed by atoms with E-state index in [1.165, 1.54) is 49.1 Å². The fourth-order valence-electron chi connectivity index (χ4n) is 5.50. The standard InChI is InChI=1S/C31H27F5N2O3/c1-17-27(19-5-4-6-20(13-19)30(39)37-16-21-7-9-22(32)14-24(21)33)29(31(34,35)36)38-12-11-18-8-10-25(40-2)26(41-3)15-23(18)28(17)38/h4-9,13-15H,10-12,16H2,1-3H3,(H,37,39). The molecule has 1 aliphatic carbocycles. The third kappa shape index (κ3) is 5.26. The lowest BCUT2D eigenvalue weighted by Crippen LogP contribution is -2.23. The van der Waals surface area contributed by atoms with Crippen LogP contribution in [0.4, 0.5) is 22.0 Å². The van der Waals surface area contributed by atoms with E-state index in [0.717, 1.165) is 11.6 Å². The summed E-state index contributed by atoms with van der Waals surface area (Å²) < 4.78 is 83.5. The highest BCUT2D eigenvalue weighted by atomic mass is 19.4. The Bertz CT molecular complexity index is 1630. The van der Waals surface area contributed by atoms with Gasteiger partial charge in [0, 0.05) is 47.8 Å². The number of carbonyl (C=O) groups is 1. The van der Waals surface area contributed by atoms with E-state index in [9.17, 15) is 26.7 Å². The lowest BCUT2D eigenvalue weighted by Gasteiger charge is -2.24. The lowest BCUT2D eigenvalue weighted by molar-refractivity contribution is -0.143. The van der Waals surface area contributed by atoms with Crippen molar-refractivity contribution in [2.45, 2.75) is 39.0 Å².